The molecule has 1 N–H and O–H groups in total. The molecular formula is C18H19N3O3S. The van der Waals surface area contributed by atoms with Crippen molar-refractivity contribution in [3.63, 3.8) is 0 Å². The summed E-state index contributed by atoms with van der Waals surface area (Å²) in [6, 6.07) is 5.45. The van der Waals surface area contributed by atoms with Gasteiger partial charge >= 0.3 is 0 Å². The quantitative estimate of drug-likeness (QED) is 0.577. The average molecular weight is 357 g/mol. The van der Waals surface area contributed by atoms with Gasteiger partial charge in [-0.15, -0.1) is 10.2 Å². The molecular weight excluding hydrogens is 338 g/mol. The Labute approximate surface area is 150 Å². The molecule has 0 aliphatic heterocycles. The van der Waals surface area contributed by atoms with Crippen molar-refractivity contribution in [1.82, 2.24) is 10.2 Å². The van der Waals surface area contributed by atoms with Gasteiger partial charge in [0.1, 0.15) is 11.6 Å². The van der Waals surface area contributed by atoms with E-state index in [0.29, 0.717) is 29.2 Å². The number of nitrogens with zero attached hydrogens (tertiary/aromatic N) is 2. The van der Waals surface area contributed by atoms with E-state index in [2.05, 4.69) is 22.1 Å². The van der Waals surface area contributed by atoms with Crippen LogP contribution < -0.4 is 14.8 Å². The lowest BCUT2D eigenvalue weighted by Crippen LogP contribution is -2.07. The molecule has 0 bridgehead atoms. The van der Waals surface area contributed by atoms with E-state index in [9.17, 15) is 4.79 Å². The van der Waals surface area contributed by atoms with Crippen LogP contribution in [0.3, 0.4) is 0 Å². The minimum atomic E-state index is -0.246. The average Bonchev–Trinajstić information content (AvgIpc) is 3.38. The second kappa shape index (κ2) is 7.94. The largest absolute Gasteiger partial charge is 0.493 e. The third kappa shape index (κ3) is 4.67. The Morgan fingerprint density at radius 2 is 2.24 bits per heavy atom. The molecule has 1 heterocycles. The van der Waals surface area contributed by atoms with Gasteiger partial charge in [-0.1, -0.05) is 30.1 Å². The first kappa shape index (κ1) is 17.2. The molecule has 1 amide bonds. The van der Waals surface area contributed by atoms with Crippen molar-refractivity contribution >= 4 is 28.5 Å². The second-order valence-electron chi connectivity index (χ2n) is 5.55. The van der Waals surface area contributed by atoms with Gasteiger partial charge in [-0.25, -0.2) is 0 Å². The first-order valence-electron chi connectivity index (χ1n) is 7.94. The highest BCUT2D eigenvalue weighted by Crippen LogP contribution is 2.42. The number of ether oxygens (including phenoxy) is 2. The predicted octanol–water partition coefficient (Wildman–Crippen LogP) is 3.64. The fourth-order valence-electron chi connectivity index (χ4n) is 2.16. The van der Waals surface area contributed by atoms with Crippen molar-refractivity contribution in [1.29, 1.82) is 0 Å². The summed E-state index contributed by atoms with van der Waals surface area (Å²) >= 11 is 1.44. The Morgan fingerprint density at radius 1 is 1.40 bits per heavy atom. The van der Waals surface area contributed by atoms with Gasteiger partial charge in [-0.2, -0.15) is 0 Å². The van der Waals surface area contributed by atoms with Crippen LogP contribution >= 0.6 is 11.3 Å². The van der Waals surface area contributed by atoms with Crippen LogP contribution in [0.4, 0.5) is 5.13 Å². The molecule has 7 heteroatoms. The van der Waals surface area contributed by atoms with Crippen molar-refractivity contribution in [3.8, 4) is 11.5 Å². The highest BCUT2D eigenvalue weighted by molar-refractivity contribution is 7.15. The zero-order valence-corrected chi connectivity index (χ0v) is 14.7. The minimum absolute atomic E-state index is 0.246. The maximum atomic E-state index is 12.0. The zero-order chi connectivity index (χ0) is 17.6. The van der Waals surface area contributed by atoms with Gasteiger partial charge in [0.25, 0.3) is 0 Å². The Balaban J connectivity index is 1.61. The van der Waals surface area contributed by atoms with Gasteiger partial charge in [0.2, 0.25) is 11.0 Å². The summed E-state index contributed by atoms with van der Waals surface area (Å²) < 4.78 is 10.8. The van der Waals surface area contributed by atoms with E-state index in [0.717, 1.165) is 23.4 Å². The summed E-state index contributed by atoms with van der Waals surface area (Å²) in [6.45, 7) is 4.02. The fraction of sp³-hybridized carbons (Fsp3) is 0.278. The molecule has 1 aliphatic rings. The second-order valence-corrected chi connectivity index (χ2v) is 6.56. The molecule has 0 atom stereocenters. The Morgan fingerprint density at radius 3 is 2.96 bits per heavy atom. The van der Waals surface area contributed by atoms with Crippen LogP contribution in [0.5, 0.6) is 11.5 Å². The summed E-state index contributed by atoms with van der Waals surface area (Å²) in [4.78, 5) is 12.0. The van der Waals surface area contributed by atoms with E-state index in [-0.39, 0.29) is 5.91 Å². The predicted molar refractivity (Wildman–Crippen MR) is 98.2 cm³/mol. The van der Waals surface area contributed by atoms with Crippen molar-refractivity contribution in [2.24, 2.45) is 0 Å². The third-order valence-electron chi connectivity index (χ3n) is 3.57. The number of hydrogen-bond acceptors (Lipinski definition) is 6. The molecule has 1 saturated carbocycles. The Bertz CT molecular complexity index is 797. The molecule has 1 fully saturated rings. The molecule has 1 aromatic carbocycles. The maximum absolute atomic E-state index is 12.0. The fourth-order valence-corrected chi connectivity index (χ4v) is 3.07. The van der Waals surface area contributed by atoms with Crippen molar-refractivity contribution < 1.29 is 14.3 Å². The number of carbonyl (C=O) groups excluding carboxylic acids is 1. The molecule has 1 aliphatic carbocycles. The van der Waals surface area contributed by atoms with Gasteiger partial charge in [-0.05, 0) is 36.6 Å². The number of carbonyl (C=O) groups is 1. The first-order chi connectivity index (χ1) is 12.2. The highest BCUT2D eigenvalue weighted by Gasteiger charge is 2.27. The molecule has 25 heavy (non-hydrogen) atoms. The molecule has 1 aromatic heterocycles. The van der Waals surface area contributed by atoms with Gasteiger partial charge in [0, 0.05) is 12.0 Å². The van der Waals surface area contributed by atoms with E-state index < -0.39 is 0 Å². The standard InChI is InChI=1S/C18H19N3O3S/c1-3-10-24-14-8-4-12(11-15(14)23-2)5-9-16(22)19-18-21-20-17(25-18)13-6-7-13/h3-5,8-9,11,13H,1,6-7,10H2,2H3,(H,19,21,22). The first-order valence-corrected chi connectivity index (χ1v) is 8.75. The zero-order valence-electron chi connectivity index (χ0n) is 13.9. The van der Waals surface area contributed by atoms with Crippen molar-refractivity contribution in [2.45, 2.75) is 18.8 Å². The number of nitrogens with one attached hydrogen (secondary N) is 1. The number of anilines is 1. The summed E-state index contributed by atoms with van der Waals surface area (Å²) in [7, 11) is 1.57. The van der Waals surface area contributed by atoms with Crippen LogP contribution in [-0.2, 0) is 4.79 Å². The van der Waals surface area contributed by atoms with Crippen LogP contribution in [0, 0.1) is 0 Å². The van der Waals surface area contributed by atoms with E-state index in [4.69, 9.17) is 9.47 Å². The van der Waals surface area contributed by atoms with E-state index in [1.54, 1.807) is 31.4 Å². The number of aromatic nitrogens is 2. The Kier molecular flexibility index (Phi) is 5.45. The van der Waals surface area contributed by atoms with E-state index >= 15 is 0 Å². The molecule has 2 aromatic rings. The summed E-state index contributed by atoms with van der Waals surface area (Å²) in [5, 5.41) is 12.4. The summed E-state index contributed by atoms with van der Waals surface area (Å²) in [5.41, 5.74) is 0.828. The molecule has 0 saturated heterocycles. The van der Waals surface area contributed by atoms with E-state index in [1.165, 1.54) is 17.4 Å². The van der Waals surface area contributed by atoms with Crippen LogP contribution in [0.1, 0.15) is 29.3 Å². The number of methoxy groups -OCH3 is 1. The smallest absolute Gasteiger partial charge is 0.250 e. The van der Waals surface area contributed by atoms with Crippen LogP contribution in [-0.4, -0.2) is 29.8 Å². The number of benzene rings is 1. The molecule has 130 valence electrons. The van der Waals surface area contributed by atoms with Crippen LogP contribution in [0.15, 0.2) is 36.9 Å². The highest BCUT2D eigenvalue weighted by atomic mass is 32.1. The topological polar surface area (TPSA) is 73.3 Å². The number of hydrogen-bond donors (Lipinski definition) is 1. The molecule has 3 rings (SSSR count). The van der Waals surface area contributed by atoms with Gasteiger partial charge in [-0.3, -0.25) is 10.1 Å². The van der Waals surface area contributed by atoms with Crippen LogP contribution in [0.2, 0.25) is 0 Å². The molecule has 0 spiro atoms. The van der Waals surface area contributed by atoms with Crippen LogP contribution in [0.25, 0.3) is 6.08 Å². The van der Waals surface area contributed by atoms with Crippen molar-refractivity contribution in [2.75, 3.05) is 19.0 Å². The molecule has 6 nitrogen and oxygen atoms in total. The lowest BCUT2D eigenvalue weighted by atomic mass is 10.2. The summed E-state index contributed by atoms with van der Waals surface area (Å²) in [6.07, 6.45) is 7.16. The van der Waals surface area contributed by atoms with E-state index in [1.807, 2.05) is 6.07 Å². The molecule has 0 radical (unpaired) electrons. The third-order valence-corrected chi connectivity index (χ3v) is 4.57. The monoisotopic (exact) mass is 357 g/mol. The van der Waals surface area contributed by atoms with Crippen molar-refractivity contribution in [3.05, 3.63) is 47.5 Å². The minimum Gasteiger partial charge on any atom is -0.493 e. The molecule has 0 unspecified atom stereocenters. The normalized spacial score (nSPS) is 13.6. The Hall–Kier alpha value is -2.67. The SMILES string of the molecule is C=CCOc1ccc(C=CC(=O)Nc2nnc(C3CC3)s2)cc1OC. The van der Waals surface area contributed by atoms with Gasteiger partial charge < -0.3 is 9.47 Å². The lowest BCUT2D eigenvalue weighted by Gasteiger charge is -2.09. The lowest BCUT2D eigenvalue weighted by molar-refractivity contribution is -0.111. The van der Waals surface area contributed by atoms with Gasteiger partial charge in [0.15, 0.2) is 11.5 Å². The maximum Gasteiger partial charge on any atom is 0.250 e. The number of rotatable bonds is 8. The van der Waals surface area contributed by atoms with Gasteiger partial charge in [0.05, 0.1) is 7.11 Å². The summed E-state index contributed by atoms with van der Waals surface area (Å²) in [5.74, 6) is 1.52. The number of amides is 1.